The molecule has 1 fully saturated rings. The molecule has 2 aliphatic rings. The summed E-state index contributed by atoms with van der Waals surface area (Å²) in [7, 11) is 0. The molecule has 2 heterocycles. The first-order valence-corrected chi connectivity index (χ1v) is 10.1. The van der Waals surface area contributed by atoms with Gasteiger partial charge >= 0.3 is 11.9 Å². The molecule has 1 amide bonds. The number of amides is 1. The zero-order valence-corrected chi connectivity index (χ0v) is 17.7. The van der Waals surface area contributed by atoms with Crippen LogP contribution in [-0.4, -0.2) is 46.1 Å². The number of para-hydroxylation sites is 1. The van der Waals surface area contributed by atoms with Crippen LogP contribution in [0.25, 0.3) is 0 Å². The van der Waals surface area contributed by atoms with Gasteiger partial charge in [0, 0.05) is 0 Å². The maximum atomic E-state index is 13.9. The van der Waals surface area contributed by atoms with Gasteiger partial charge in [0.25, 0.3) is 0 Å². The minimum absolute atomic E-state index is 0.0696. The van der Waals surface area contributed by atoms with Crippen molar-refractivity contribution >= 4 is 29.6 Å². The van der Waals surface area contributed by atoms with Crippen LogP contribution in [-0.2, 0) is 23.9 Å². The molecule has 2 aliphatic heterocycles. The van der Waals surface area contributed by atoms with Gasteiger partial charge in [0.05, 0.1) is 17.4 Å². The van der Waals surface area contributed by atoms with E-state index < -0.39 is 46.5 Å². The molecule has 1 N–H and O–H groups in total. The molecular formula is C20H22FNO7S. The number of aliphatic carboxylic acids is 1. The molecular weight excluding hydrogens is 417 g/mol. The number of benzene rings is 1. The van der Waals surface area contributed by atoms with E-state index in [4.69, 9.17) is 14.2 Å². The van der Waals surface area contributed by atoms with Crippen molar-refractivity contribution in [2.45, 2.75) is 39.2 Å². The van der Waals surface area contributed by atoms with Crippen LogP contribution in [0.2, 0.25) is 0 Å². The van der Waals surface area contributed by atoms with Gasteiger partial charge in [-0.2, -0.15) is 0 Å². The minimum Gasteiger partial charge on any atom is -0.476 e. The molecule has 1 aromatic carbocycles. The summed E-state index contributed by atoms with van der Waals surface area (Å²) in [5.74, 6) is -3.70. The Morgan fingerprint density at radius 1 is 1.30 bits per heavy atom. The first-order chi connectivity index (χ1) is 14.0. The summed E-state index contributed by atoms with van der Waals surface area (Å²) < 4.78 is 29.9. The van der Waals surface area contributed by atoms with E-state index in [1.54, 1.807) is 33.8 Å². The molecule has 1 saturated heterocycles. The highest BCUT2D eigenvalue weighted by Crippen LogP contribution is 2.51. The molecule has 3 rings (SSSR count). The smallest absolute Gasteiger partial charge is 0.357 e. The second-order valence-electron chi connectivity index (χ2n) is 7.89. The molecule has 0 unspecified atom stereocenters. The van der Waals surface area contributed by atoms with Crippen molar-refractivity contribution in [1.29, 1.82) is 0 Å². The monoisotopic (exact) mass is 439 g/mol. The molecule has 162 valence electrons. The van der Waals surface area contributed by atoms with Gasteiger partial charge in [0.2, 0.25) is 5.91 Å². The molecule has 3 atom stereocenters. The van der Waals surface area contributed by atoms with Crippen molar-refractivity contribution in [2.24, 2.45) is 11.3 Å². The molecule has 0 radical (unpaired) electrons. The van der Waals surface area contributed by atoms with Gasteiger partial charge in [-0.1, -0.05) is 23.9 Å². The average molecular weight is 439 g/mol. The number of ether oxygens (including phenoxy) is 3. The summed E-state index contributed by atoms with van der Waals surface area (Å²) >= 11 is 1.01. The van der Waals surface area contributed by atoms with Gasteiger partial charge in [0.1, 0.15) is 5.37 Å². The van der Waals surface area contributed by atoms with Crippen LogP contribution in [0.5, 0.6) is 5.75 Å². The van der Waals surface area contributed by atoms with E-state index in [0.29, 0.717) is 0 Å². The molecule has 0 spiro atoms. The molecule has 0 saturated carbocycles. The zero-order valence-electron chi connectivity index (χ0n) is 16.9. The van der Waals surface area contributed by atoms with Crippen molar-refractivity contribution in [2.75, 3.05) is 6.79 Å². The number of halogens is 1. The maximum Gasteiger partial charge on any atom is 0.357 e. The van der Waals surface area contributed by atoms with Crippen molar-refractivity contribution in [3.63, 3.8) is 0 Å². The third-order valence-corrected chi connectivity index (χ3v) is 5.86. The SMILES string of the molecule is C[C@@H](OCOC(=O)C(C)(C)C)[C@H]1C(=O)N2C(C(=O)O)=C(Oc3ccccc3F)S[C@H]12. The largest absolute Gasteiger partial charge is 0.476 e. The van der Waals surface area contributed by atoms with Crippen LogP contribution in [0, 0.1) is 17.2 Å². The number of rotatable bonds is 7. The summed E-state index contributed by atoms with van der Waals surface area (Å²) in [4.78, 5) is 37.2. The second-order valence-corrected chi connectivity index (χ2v) is 8.98. The molecule has 0 bridgehead atoms. The highest BCUT2D eigenvalue weighted by atomic mass is 32.2. The summed E-state index contributed by atoms with van der Waals surface area (Å²) in [6, 6.07) is 5.59. The Labute approximate surface area is 177 Å². The van der Waals surface area contributed by atoms with Gasteiger partial charge in [-0.25, -0.2) is 9.18 Å². The lowest BCUT2D eigenvalue weighted by atomic mass is 9.92. The fourth-order valence-electron chi connectivity index (χ4n) is 2.95. The number of hydrogen-bond donors (Lipinski definition) is 1. The quantitative estimate of drug-likeness (QED) is 0.393. The Bertz CT molecular complexity index is 911. The number of hydrogen-bond acceptors (Lipinski definition) is 7. The Hall–Kier alpha value is -2.59. The highest BCUT2D eigenvalue weighted by Gasteiger charge is 2.59. The topological polar surface area (TPSA) is 102 Å². The Morgan fingerprint density at radius 3 is 2.57 bits per heavy atom. The first kappa shape index (κ1) is 22.1. The Balaban J connectivity index is 1.67. The van der Waals surface area contributed by atoms with Crippen molar-refractivity contribution in [3.8, 4) is 5.75 Å². The molecule has 8 nitrogen and oxygen atoms in total. The third kappa shape index (κ3) is 4.15. The summed E-state index contributed by atoms with van der Waals surface area (Å²) in [5.41, 5.74) is -1.02. The fourth-order valence-corrected chi connectivity index (χ4v) is 4.41. The third-order valence-electron chi connectivity index (χ3n) is 4.63. The summed E-state index contributed by atoms with van der Waals surface area (Å²) in [6.07, 6.45) is -0.637. The van der Waals surface area contributed by atoms with Crippen LogP contribution in [0.4, 0.5) is 4.39 Å². The fraction of sp³-hybridized carbons (Fsp3) is 0.450. The number of β-lactam (4-membered cyclic amide) rings is 1. The van der Waals surface area contributed by atoms with Gasteiger partial charge in [-0.3, -0.25) is 14.5 Å². The van der Waals surface area contributed by atoms with Crippen molar-refractivity contribution in [1.82, 2.24) is 4.90 Å². The number of carbonyl (C=O) groups is 3. The second kappa shape index (κ2) is 8.27. The van der Waals surface area contributed by atoms with E-state index in [-0.39, 0.29) is 23.3 Å². The number of fused-ring (bicyclic) bond motifs is 1. The lowest BCUT2D eigenvalue weighted by Crippen LogP contribution is -2.61. The predicted octanol–water partition coefficient (Wildman–Crippen LogP) is 2.94. The number of carbonyl (C=O) groups excluding carboxylic acids is 2. The summed E-state index contributed by atoms with van der Waals surface area (Å²) in [6.45, 7) is 6.43. The summed E-state index contributed by atoms with van der Waals surface area (Å²) in [5, 5.41) is 8.91. The minimum atomic E-state index is -1.35. The molecule has 0 aromatic heterocycles. The van der Waals surface area contributed by atoms with E-state index in [1.165, 1.54) is 18.2 Å². The van der Waals surface area contributed by atoms with Crippen LogP contribution in [0.15, 0.2) is 35.1 Å². The molecule has 30 heavy (non-hydrogen) atoms. The van der Waals surface area contributed by atoms with Crippen molar-refractivity contribution in [3.05, 3.63) is 40.9 Å². The molecule has 0 aliphatic carbocycles. The van der Waals surface area contributed by atoms with Gasteiger partial charge in [-0.05, 0) is 39.8 Å². The van der Waals surface area contributed by atoms with Gasteiger partial charge in [0.15, 0.2) is 29.1 Å². The van der Waals surface area contributed by atoms with E-state index >= 15 is 0 Å². The van der Waals surface area contributed by atoms with Crippen LogP contribution in [0.3, 0.4) is 0 Å². The first-order valence-electron chi connectivity index (χ1n) is 9.21. The van der Waals surface area contributed by atoms with Crippen LogP contribution >= 0.6 is 11.8 Å². The van der Waals surface area contributed by atoms with Gasteiger partial charge in [-0.15, -0.1) is 0 Å². The molecule has 10 heteroatoms. The zero-order chi connectivity index (χ0) is 22.2. The van der Waals surface area contributed by atoms with E-state index in [2.05, 4.69) is 0 Å². The average Bonchev–Trinajstić information content (AvgIpc) is 2.97. The lowest BCUT2D eigenvalue weighted by Gasteiger charge is -2.44. The Morgan fingerprint density at radius 2 is 1.97 bits per heavy atom. The number of carboxylic acid groups (broad SMARTS) is 1. The highest BCUT2D eigenvalue weighted by molar-refractivity contribution is 8.03. The lowest BCUT2D eigenvalue weighted by molar-refractivity contribution is -0.179. The number of carboxylic acids is 1. The van der Waals surface area contributed by atoms with Crippen LogP contribution < -0.4 is 4.74 Å². The van der Waals surface area contributed by atoms with Crippen LogP contribution in [0.1, 0.15) is 27.7 Å². The van der Waals surface area contributed by atoms with Gasteiger partial charge < -0.3 is 19.3 Å². The van der Waals surface area contributed by atoms with E-state index in [9.17, 15) is 23.9 Å². The molecule has 1 aromatic rings. The maximum absolute atomic E-state index is 13.9. The number of esters is 1. The number of thioether (sulfide) groups is 1. The van der Waals surface area contributed by atoms with E-state index in [0.717, 1.165) is 16.7 Å². The van der Waals surface area contributed by atoms with Crippen molar-refractivity contribution < 1.29 is 38.1 Å². The van der Waals surface area contributed by atoms with E-state index in [1.807, 2.05) is 0 Å². The predicted molar refractivity (Wildman–Crippen MR) is 104 cm³/mol. The normalized spacial score (nSPS) is 21.8. The Kier molecular flexibility index (Phi) is 6.09. The standard InChI is InChI=1S/C20H22FNO7S/c1-10(27-9-28-19(26)20(2,3)4)13-15(23)22-14(17(24)25)18(30-16(13)22)29-12-8-6-5-7-11(12)21/h5-8,10,13,16H,9H2,1-4H3,(H,24,25)/t10-,13+,16-/m1/s1. The number of nitrogens with zero attached hydrogens (tertiary/aromatic N) is 1.